The van der Waals surface area contributed by atoms with Gasteiger partial charge in [0, 0.05) is 18.5 Å². The molecule has 2 aromatic carbocycles. The fraction of sp³-hybridized carbons (Fsp3) is 0.278. The van der Waals surface area contributed by atoms with Crippen LogP contribution in [-0.4, -0.2) is 26.6 Å². The van der Waals surface area contributed by atoms with Crippen molar-refractivity contribution in [1.82, 2.24) is 10.6 Å². The predicted molar refractivity (Wildman–Crippen MR) is 88.0 cm³/mol. The first-order chi connectivity index (χ1) is 10.8. The number of benzene rings is 2. The van der Waals surface area contributed by atoms with E-state index in [1.807, 2.05) is 61.6 Å². The van der Waals surface area contributed by atoms with Crippen LogP contribution in [0.4, 0.5) is 0 Å². The number of methoxy groups -OCH3 is 1. The molecule has 4 heteroatoms. The molecule has 2 rings (SSSR count). The van der Waals surface area contributed by atoms with Crippen LogP contribution in [0.2, 0.25) is 0 Å². The summed E-state index contributed by atoms with van der Waals surface area (Å²) in [6.45, 7) is 0.652. The topological polar surface area (TPSA) is 50.4 Å². The lowest BCUT2D eigenvalue weighted by Crippen LogP contribution is -2.31. The fourth-order valence-electron chi connectivity index (χ4n) is 2.36. The van der Waals surface area contributed by atoms with Crippen LogP contribution < -0.4 is 15.4 Å². The van der Waals surface area contributed by atoms with Crippen molar-refractivity contribution in [3.8, 4) is 5.75 Å². The van der Waals surface area contributed by atoms with Crippen molar-refractivity contribution in [2.24, 2.45) is 0 Å². The number of para-hydroxylation sites is 1. The zero-order valence-electron chi connectivity index (χ0n) is 13.0. The molecule has 0 aromatic heterocycles. The molecule has 1 amide bonds. The zero-order chi connectivity index (χ0) is 15.8. The van der Waals surface area contributed by atoms with Crippen molar-refractivity contribution in [2.45, 2.75) is 12.5 Å². The van der Waals surface area contributed by atoms with Gasteiger partial charge in [-0.05, 0) is 18.7 Å². The Morgan fingerprint density at radius 2 is 1.77 bits per heavy atom. The molecule has 2 N–H and O–H groups in total. The molecule has 2 aromatic rings. The van der Waals surface area contributed by atoms with E-state index in [1.54, 1.807) is 7.11 Å². The molecule has 0 aliphatic carbocycles. The summed E-state index contributed by atoms with van der Waals surface area (Å²) in [7, 11) is 3.48. The molecule has 0 radical (unpaired) electrons. The molecule has 0 saturated heterocycles. The van der Waals surface area contributed by atoms with Gasteiger partial charge in [-0.1, -0.05) is 48.5 Å². The van der Waals surface area contributed by atoms with Crippen molar-refractivity contribution in [1.29, 1.82) is 0 Å². The van der Waals surface area contributed by atoms with Gasteiger partial charge in [-0.3, -0.25) is 4.79 Å². The van der Waals surface area contributed by atoms with Gasteiger partial charge in [0.2, 0.25) is 5.91 Å². The van der Waals surface area contributed by atoms with E-state index < -0.39 is 0 Å². The van der Waals surface area contributed by atoms with Gasteiger partial charge in [-0.2, -0.15) is 0 Å². The number of rotatable bonds is 7. The Morgan fingerprint density at radius 3 is 2.45 bits per heavy atom. The van der Waals surface area contributed by atoms with Crippen molar-refractivity contribution in [3.05, 3.63) is 65.7 Å². The van der Waals surface area contributed by atoms with Crippen LogP contribution in [0.1, 0.15) is 23.6 Å². The SMILES string of the molecule is CNCCC(=O)NC(c1ccccc1)c1ccccc1OC. The summed E-state index contributed by atoms with van der Waals surface area (Å²) in [6.07, 6.45) is 0.439. The third kappa shape index (κ3) is 4.09. The summed E-state index contributed by atoms with van der Waals surface area (Å²) < 4.78 is 5.45. The van der Waals surface area contributed by atoms with E-state index in [4.69, 9.17) is 4.74 Å². The Morgan fingerprint density at radius 1 is 1.09 bits per heavy atom. The third-order valence-electron chi connectivity index (χ3n) is 3.49. The highest BCUT2D eigenvalue weighted by molar-refractivity contribution is 5.77. The van der Waals surface area contributed by atoms with Gasteiger partial charge < -0.3 is 15.4 Å². The number of hydrogen-bond donors (Lipinski definition) is 2. The molecule has 22 heavy (non-hydrogen) atoms. The summed E-state index contributed by atoms with van der Waals surface area (Å²) in [5.41, 5.74) is 1.99. The molecule has 0 spiro atoms. The molecule has 1 unspecified atom stereocenters. The first-order valence-electron chi connectivity index (χ1n) is 7.38. The average Bonchev–Trinajstić information content (AvgIpc) is 2.58. The van der Waals surface area contributed by atoms with E-state index in [2.05, 4.69) is 10.6 Å². The van der Waals surface area contributed by atoms with Crippen molar-refractivity contribution in [3.63, 3.8) is 0 Å². The monoisotopic (exact) mass is 298 g/mol. The maximum Gasteiger partial charge on any atom is 0.222 e. The Balaban J connectivity index is 2.31. The molecule has 116 valence electrons. The molecular formula is C18H22N2O2. The number of nitrogens with one attached hydrogen (secondary N) is 2. The largest absolute Gasteiger partial charge is 0.496 e. The van der Waals surface area contributed by atoms with Crippen molar-refractivity contribution < 1.29 is 9.53 Å². The summed E-state index contributed by atoms with van der Waals surface area (Å²) in [6, 6.07) is 17.5. The number of amides is 1. The predicted octanol–water partition coefficient (Wildman–Crippen LogP) is 2.51. The Bertz CT molecular complexity index is 599. The molecule has 4 nitrogen and oxygen atoms in total. The summed E-state index contributed by atoms with van der Waals surface area (Å²) >= 11 is 0. The lowest BCUT2D eigenvalue weighted by atomic mass is 9.97. The first-order valence-corrected chi connectivity index (χ1v) is 7.38. The standard InChI is InChI=1S/C18H22N2O2/c1-19-13-12-17(21)20-18(14-8-4-3-5-9-14)15-10-6-7-11-16(15)22-2/h3-11,18-19H,12-13H2,1-2H3,(H,20,21). The van der Waals surface area contributed by atoms with Gasteiger partial charge in [0.25, 0.3) is 0 Å². The van der Waals surface area contributed by atoms with Crippen LogP contribution in [0, 0.1) is 0 Å². The molecule has 0 bridgehead atoms. The van der Waals surface area contributed by atoms with Crippen LogP contribution in [0.5, 0.6) is 5.75 Å². The van der Waals surface area contributed by atoms with Gasteiger partial charge in [-0.25, -0.2) is 0 Å². The zero-order valence-corrected chi connectivity index (χ0v) is 13.0. The molecular weight excluding hydrogens is 276 g/mol. The Labute approximate surface area is 131 Å². The van der Waals surface area contributed by atoms with Crippen LogP contribution in [0.25, 0.3) is 0 Å². The normalized spacial score (nSPS) is 11.7. The van der Waals surface area contributed by atoms with Crippen LogP contribution in [-0.2, 0) is 4.79 Å². The number of carbonyl (C=O) groups is 1. The second kappa shape index (κ2) is 8.20. The summed E-state index contributed by atoms with van der Waals surface area (Å²) in [4.78, 5) is 12.2. The maximum absolute atomic E-state index is 12.2. The highest BCUT2D eigenvalue weighted by Crippen LogP contribution is 2.29. The third-order valence-corrected chi connectivity index (χ3v) is 3.49. The molecule has 0 fully saturated rings. The molecule has 1 atom stereocenters. The van der Waals surface area contributed by atoms with E-state index in [9.17, 15) is 4.79 Å². The molecule has 0 saturated carbocycles. The van der Waals surface area contributed by atoms with Gasteiger partial charge in [0.15, 0.2) is 0 Å². The lowest BCUT2D eigenvalue weighted by Gasteiger charge is -2.22. The van der Waals surface area contributed by atoms with Crippen molar-refractivity contribution >= 4 is 5.91 Å². The minimum Gasteiger partial charge on any atom is -0.496 e. The van der Waals surface area contributed by atoms with E-state index in [0.29, 0.717) is 13.0 Å². The van der Waals surface area contributed by atoms with Crippen LogP contribution in [0.15, 0.2) is 54.6 Å². The Hall–Kier alpha value is -2.33. The maximum atomic E-state index is 12.2. The Kier molecular flexibility index (Phi) is 5.98. The number of hydrogen-bond acceptors (Lipinski definition) is 3. The molecule has 0 aliphatic rings. The smallest absolute Gasteiger partial charge is 0.222 e. The van der Waals surface area contributed by atoms with E-state index in [-0.39, 0.29) is 11.9 Å². The van der Waals surface area contributed by atoms with Gasteiger partial charge in [0.1, 0.15) is 5.75 Å². The van der Waals surface area contributed by atoms with Gasteiger partial charge in [-0.15, -0.1) is 0 Å². The highest BCUT2D eigenvalue weighted by atomic mass is 16.5. The molecule has 0 aliphatic heterocycles. The second-order valence-electron chi connectivity index (χ2n) is 5.01. The number of ether oxygens (including phenoxy) is 1. The summed E-state index contributed by atoms with van der Waals surface area (Å²) in [5, 5.41) is 6.09. The van der Waals surface area contributed by atoms with Crippen LogP contribution in [0.3, 0.4) is 0 Å². The highest BCUT2D eigenvalue weighted by Gasteiger charge is 2.19. The van der Waals surface area contributed by atoms with Gasteiger partial charge >= 0.3 is 0 Å². The lowest BCUT2D eigenvalue weighted by molar-refractivity contribution is -0.121. The van der Waals surface area contributed by atoms with E-state index in [1.165, 1.54) is 0 Å². The van der Waals surface area contributed by atoms with Crippen molar-refractivity contribution in [2.75, 3.05) is 20.7 Å². The average molecular weight is 298 g/mol. The first kappa shape index (κ1) is 16.0. The fourth-order valence-corrected chi connectivity index (χ4v) is 2.36. The van der Waals surface area contributed by atoms with Gasteiger partial charge in [0.05, 0.1) is 13.2 Å². The minimum absolute atomic E-state index is 0.00843. The number of carbonyl (C=O) groups excluding carboxylic acids is 1. The quantitative estimate of drug-likeness (QED) is 0.826. The van der Waals surface area contributed by atoms with Crippen LogP contribution >= 0.6 is 0 Å². The van der Waals surface area contributed by atoms with E-state index >= 15 is 0 Å². The minimum atomic E-state index is -0.221. The van der Waals surface area contributed by atoms with E-state index in [0.717, 1.165) is 16.9 Å². The second-order valence-corrected chi connectivity index (χ2v) is 5.01. The molecule has 0 heterocycles. The summed E-state index contributed by atoms with van der Waals surface area (Å²) in [5.74, 6) is 0.777.